The van der Waals surface area contributed by atoms with Crippen LogP contribution in [0.25, 0.3) is 0 Å². The number of pyridine rings is 1. The molecule has 144 valence electrons. The number of nitrogens with zero attached hydrogens (tertiary/aromatic N) is 1. The van der Waals surface area contributed by atoms with E-state index in [-0.39, 0.29) is 12.5 Å². The van der Waals surface area contributed by atoms with E-state index < -0.39 is 11.6 Å². The Hall–Kier alpha value is -3.68. The van der Waals surface area contributed by atoms with E-state index in [1.807, 2.05) is 0 Å². The standard InChI is InChI=1S/C20H17F2N3O3/c1-27-17-4-2-3-5-18(17)28-12-20(26)25-14-7-9-19(23-11-14)24-13-6-8-15(21)16(22)10-13/h2-11H,12H2,1H3,(H,23,24)(H,25,26). The first-order valence-corrected chi connectivity index (χ1v) is 8.29. The van der Waals surface area contributed by atoms with Crippen LogP contribution in [0.1, 0.15) is 0 Å². The summed E-state index contributed by atoms with van der Waals surface area (Å²) in [5.41, 5.74) is 0.817. The van der Waals surface area contributed by atoms with Crippen molar-refractivity contribution >= 4 is 23.1 Å². The summed E-state index contributed by atoms with van der Waals surface area (Å²) >= 11 is 0. The molecule has 1 amide bonds. The molecule has 0 bridgehead atoms. The normalized spacial score (nSPS) is 10.2. The van der Waals surface area contributed by atoms with Crippen LogP contribution in [0.2, 0.25) is 0 Å². The van der Waals surface area contributed by atoms with Crippen LogP contribution in [0.4, 0.5) is 26.0 Å². The quantitative estimate of drug-likeness (QED) is 0.640. The van der Waals surface area contributed by atoms with Crippen molar-refractivity contribution in [3.8, 4) is 11.5 Å². The minimum Gasteiger partial charge on any atom is -0.493 e. The van der Waals surface area contributed by atoms with E-state index in [2.05, 4.69) is 15.6 Å². The first-order valence-electron chi connectivity index (χ1n) is 8.29. The molecule has 2 N–H and O–H groups in total. The molecule has 0 spiro atoms. The second-order valence-corrected chi connectivity index (χ2v) is 5.67. The first-order chi connectivity index (χ1) is 13.5. The molecule has 1 heterocycles. The van der Waals surface area contributed by atoms with Crippen LogP contribution in [0.5, 0.6) is 11.5 Å². The van der Waals surface area contributed by atoms with Gasteiger partial charge in [0.2, 0.25) is 0 Å². The molecule has 0 atom stereocenters. The van der Waals surface area contributed by atoms with Gasteiger partial charge in [-0.3, -0.25) is 4.79 Å². The second kappa shape index (κ2) is 8.81. The molecule has 2 aromatic carbocycles. The third-order valence-corrected chi connectivity index (χ3v) is 3.67. The Morgan fingerprint density at radius 1 is 1.00 bits per heavy atom. The Morgan fingerprint density at radius 2 is 1.75 bits per heavy atom. The molecule has 0 radical (unpaired) electrons. The fraction of sp³-hybridized carbons (Fsp3) is 0.100. The molecule has 0 aliphatic heterocycles. The topological polar surface area (TPSA) is 72.5 Å². The molecule has 0 saturated heterocycles. The molecule has 3 aromatic rings. The summed E-state index contributed by atoms with van der Waals surface area (Å²) in [4.78, 5) is 16.2. The van der Waals surface area contributed by atoms with Crippen LogP contribution < -0.4 is 20.1 Å². The lowest BCUT2D eigenvalue weighted by molar-refractivity contribution is -0.118. The Kier molecular flexibility index (Phi) is 6.01. The number of halogens is 2. The van der Waals surface area contributed by atoms with Gasteiger partial charge in [0.1, 0.15) is 5.82 Å². The zero-order valence-electron chi connectivity index (χ0n) is 14.9. The Balaban J connectivity index is 1.54. The molecule has 6 nitrogen and oxygen atoms in total. The zero-order chi connectivity index (χ0) is 19.9. The number of methoxy groups -OCH3 is 1. The SMILES string of the molecule is COc1ccccc1OCC(=O)Nc1ccc(Nc2ccc(F)c(F)c2)nc1. The highest BCUT2D eigenvalue weighted by Crippen LogP contribution is 2.25. The smallest absolute Gasteiger partial charge is 0.262 e. The van der Waals surface area contributed by atoms with E-state index in [4.69, 9.17) is 9.47 Å². The average Bonchev–Trinajstić information content (AvgIpc) is 2.71. The summed E-state index contributed by atoms with van der Waals surface area (Å²) in [6.45, 7) is -0.199. The van der Waals surface area contributed by atoms with Crippen molar-refractivity contribution in [3.05, 3.63) is 72.4 Å². The number of amides is 1. The second-order valence-electron chi connectivity index (χ2n) is 5.67. The number of ether oxygens (including phenoxy) is 2. The highest BCUT2D eigenvalue weighted by atomic mass is 19.2. The van der Waals surface area contributed by atoms with Crippen molar-refractivity contribution in [2.75, 3.05) is 24.4 Å². The number of nitrogens with one attached hydrogen (secondary N) is 2. The Bertz CT molecular complexity index is 965. The van der Waals surface area contributed by atoms with Crippen molar-refractivity contribution < 1.29 is 23.0 Å². The molecule has 0 aliphatic rings. The fourth-order valence-corrected chi connectivity index (χ4v) is 2.34. The highest BCUT2D eigenvalue weighted by Gasteiger charge is 2.08. The van der Waals surface area contributed by atoms with Gasteiger partial charge in [-0.1, -0.05) is 12.1 Å². The van der Waals surface area contributed by atoms with Crippen LogP contribution in [0.3, 0.4) is 0 Å². The van der Waals surface area contributed by atoms with Gasteiger partial charge in [-0.2, -0.15) is 0 Å². The van der Waals surface area contributed by atoms with Crippen molar-refractivity contribution in [1.82, 2.24) is 4.98 Å². The molecule has 28 heavy (non-hydrogen) atoms. The van der Waals surface area contributed by atoms with Crippen molar-refractivity contribution in [2.24, 2.45) is 0 Å². The van der Waals surface area contributed by atoms with Crippen molar-refractivity contribution in [3.63, 3.8) is 0 Å². The van der Waals surface area contributed by atoms with Crippen molar-refractivity contribution in [1.29, 1.82) is 0 Å². The van der Waals surface area contributed by atoms with Gasteiger partial charge < -0.3 is 20.1 Å². The van der Waals surface area contributed by atoms with Crippen LogP contribution in [0, 0.1) is 11.6 Å². The lowest BCUT2D eigenvalue weighted by Gasteiger charge is -2.11. The summed E-state index contributed by atoms with van der Waals surface area (Å²) in [6, 6.07) is 13.7. The molecular weight excluding hydrogens is 368 g/mol. The number of anilines is 3. The molecule has 1 aromatic heterocycles. The summed E-state index contributed by atoms with van der Waals surface area (Å²) in [5.74, 6) is -0.840. The van der Waals surface area contributed by atoms with E-state index in [1.54, 1.807) is 36.4 Å². The minimum absolute atomic E-state index is 0.199. The van der Waals surface area contributed by atoms with Gasteiger partial charge in [-0.05, 0) is 36.4 Å². The molecule has 0 unspecified atom stereocenters. The average molecular weight is 385 g/mol. The predicted molar refractivity (Wildman–Crippen MR) is 101 cm³/mol. The highest BCUT2D eigenvalue weighted by molar-refractivity contribution is 5.91. The van der Waals surface area contributed by atoms with Crippen LogP contribution in [-0.4, -0.2) is 24.6 Å². The van der Waals surface area contributed by atoms with Gasteiger partial charge in [0.15, 0.2) is 29.7 Å². The van der Waals surface area contributed by atoms with E-state index in [0.29, 0.717) is 28.7 Å². The van der Waals surface area contributed by atoms with E-state index >= 15 is 0 Å². The summed E-state index contributed by atoms with van der Waals surface area (Å²) < 4.78 is 36.8. The van der Waals surface area contributed by atoms with Gasteiger partial charge in [0, 0.05) is 11.8 Å². The third kappa shape index (κ3) is 4.94. The lowest BCUT2D eigenvalue weighted by atomic mass is 10.3. The van der Waals surface area contributed by atoms with Crippen LogP contribution >= 0.6 is 0 Å². The van der Waals surface area contributed by atoms with Gasteiger partial charge in [-0.15, -0.1) is 0 Å². The summed E-state index contributed by atoms with van der Waals surface area (Å²) in [5, 5.41) is 5.50. The molecule has 0 aliphatic carbocycles. The van der Waals surface area contributed by atoms with E-state index in [1.165, 1.54) is 19.4 Å². The summed E-state index contributed by atoms with van der Waals surface area (Å²) in [7, 11) is 1.52. The fourth-order valence-electron chi connectivity index (χ4n) is 2.34. The lowest BCUT2D eigenvalue weighted by Crippen LogP contribution is -2.20. The molecule has 8 heteroatoms. The number of hydrogen-bond donors (Lipinski definition) is 2. The minimum atomic E-state index is -0.955. The summed E-state index contributed by atoms with van der Waals surface area (Å²) in [6.07, 6.45) is 1.43. The number of para-hydroxylation sites is 2. The van der Waals surface area contributed by atoms with E-state index in [9.17, 15) is 13.6 Å². The molecule has 0 fully saturated rings. The Labute approximate surface area is 160 Å². The molecule has 0 saturated carbocycles. The number of hydrogen-bond acceptors (Lipinski definition) is 5. The molecule has 3 rings (SSSR count). The molecular formula is C20H17F2N3O3. The number of carbonyl (C=O) groups is 1. The van der Waals surface area contributed by atoms with Gasteiger partial charge in [0.25, 0.3) is 5.91 Å². The monoisotopic (exact) mass is 385 g/mol. The Morgan fingerprint density at radius 3 is 2.43 bits per heavy atom. The third-order valence-electron chi connectivity index (χ3n) is 3.67. The first kappa shape index (κ1) is 19.1. The number of carbonyl (C=O) groups excluding carboxylic acids is 1. The number of benzene rings is 2. The number of rotatable bonds is 7. The van der Waals surface area contributed by atoms with Gasteiger partial charge >= 0.3 is 0 Å². The number of aromatic nitrogens is 1. The maximum absolute atomic E-state index is 13.2. The maximum atomic E-state index is 13.2. The predicted octanol–water partition coefficient (Wildman–Crippen LogP) is 4.13. The van der Waals surface area contributed by atoms with E-state index in [0.717, 1.165) is 12.1 Å². The van der Waals surface area contributed by atoms with Crippen LogP contribution in [-0.2, 0) is 4.79 Å². The largest absolute Gasteiger partial charge is 0.493 e. The zero-order valence-corrected chi connectivity index (χ0v) is 14.9. The maximum Gasteiger partial charge on any atom is 0.262 e. The van der Waals surface area contributed by atoms with Crippen LogP contribution in [0.15, 0.2) is 60.8 Å². The van der Waals surface area contributed by atoms with Gasteiger partial charge in [0.05, 0.1) is 19.0 Å². The van der Waals surface area contributed by atoms with Gasteiger partial charge in [-0.25, -0.2) is 13.8 Å². The van der Waals surface area contributed by atoms with Crippen molar-refractivity contribution in [2.45, 2.75) is 0 Å².